The molecule has 0 saturated heterocycles. The molecule has 0 spiro atoms. The molecule has 5 nitrogen and oxygen atoms in total. The molecule has 0 aliphatic rings. The third-order valence-corrected chi connectivity index (χ3v) is 4.93. The molecule has 0 aliphatic heterocycles. The summed E-state index contributed by atoms with van der Waals surface area (Å²) in [5.74, 6) is -2.01. The zero-order valence-electron chi connectivity index (χ0n) is 17.7. The molecule has 1 atom stereocenters. The fraction of sp³-hybridized carbons (Fsp3) is 0.200. The average Bonchev–Trinajstić information content (AvgIpc) is 2.83. The smallest absolute Gasteiger partial charge is 0.333 e. The molecule has 0 heterocycles. The third kappa shape index (κ3) is 5.41. The van der Waals surface area contributed by atoms with E-state index in [4.69, 9.17) is 14.7 Å². The standard InChI is InChI=1S/C25H22F2N2O3/c1-3-16-7-11-23(32-15-18-6-10-21(26)22(27)13-18)20(12-16)24(25(30)31-2)29-19-8-4-17(14-28)5-9-19/h4-13,24,29H,3,15H2,1-2H3. The first-order chi connectivity index (χ1) is 15.4. The van der Waals surface area contributed by atoms with Crippen molar-refractivity contribution in [3.8, 4) is 11.8 Å². The van der Waals surface area contributed by atoms with Gasteiger partial charge in [-0.3, -0.25) is 0 Å². The van der Waals surface area contributed by atoms with E-state index in [1.807, 2.05) is 25.1 Å². The Hall–Kier alpha value is -3.92. The number of esters is 1. The van der Waals surface area contributed by atoms with E-state index in [0.29, 0.717) is 28.1 Å². The van der Waals surface area contributed by atoms with Gasteiger partial charge in [0.15, 0.2) is 17.7 Å². The van der Waals surface area contributed by atoms with E-state index in [2.05, 4.69) is 5.32 Å². The fourth-order valence-electron chi connectivity index (χ4n) is 3.15. The molecule has 7 heteroatoms. The lowest BCUT2D eigenvalue weighted by molar-refractivity contribution is -0.141. The van der Waals surface area contributed by atoms with Gasteiger partial charge in [-0.05, 0) is 66.1 Å². The van der Waals surface area contributed by atoms with Crippen LogP contribution in [0.15, 0.2) is 60.7 Å². The van der Waals surface area contributed by atoms with Crippen molar-refractivity contribution >= 4 is 11.7 Å². The molecule has 0 saturated carbocycles. The van der Waals surface area contributed by atoms with Crippen LogP contribution in [0, 0.1) is 23.0 Å². The topological polar surface area (TPSA) is 71.3 Å². The molecule has 3 aromatic carbocycles. The van der Waals surface area contributed by atoms with Crippen LogP contribution < -0.4 is 10.1 Å². The lowest BCUT2D eigenvalue weighted by Crippen LogP contribution is -2.23. The molecule has 0 aliphatic carbocycles. The first-order valence-corrected chi connectivity index (χ1v) is 9.99. The summed E-state index contributed by atoms with van der Waals surface area (Å²) in [6.45, 7) is 1.97. The maximum absolute atomic E-state index is 13.5. The maximum atomic E-state index is 13.5. The summed E-state index contributed by atoms with van der Waals surface area (Å²) >= 11 is 0. The van der Waals surface area contributed by atoms with Crippen molar-refractivity contribution in [1.29, 1.82) is 5.26 Å². The predicted molar refractivity (Wildman–Crippen MR) is 116 cm³/mol. The van der Waals surface area contributed by atoms with Crippen molar-refractivity contribution < 1.29 is 23.0 Å². The number of ether oxygens (including phenoxy) is 2. The van der Waals surface area contributed by atoms with Gasteiger partial charge in [0.2, 0.25) is 0 Å². The molecular formula is C25H22F2N2O3. The number of anilines is 1. The normalized spacial score (nSPS) is 11.3. The van der Waals surface area contributed by atoms with Gasteiger partial charge in [-0.25, -0.2) is 13.6 Å². The Labute approximate surface area is 185 Å². The molecule has 0 radical (unpaired) electrons. The van der Waals surface area contributed by atoms with Crippen LogP contribution in [-0.2, 0) is 22.6 Å². The summed E-state index contributed by atoms with van der Waals surface area (Å²) in [7, 11) is 1.29. The summed E-state index contributed by atoms with van der Waals surface area (Å²) < 4.78 is 37.6. The Kier molecular flexibility index (Phi) is 7.40. The number of aryl methyl sites for hydroxylation is 1. The summed E-state index contributed by atoms with van der Waals surface area (Å²) in [6.07, 6.45) is 0.737. The van der Waals surface area contributed by atoms with Gasteiger partial charge in [-0.2, -0.15) is 5.26 Å². The Bertz CT molecular complexity index is 1140. The van der Waals surface area contributed by atoms with E-state index in [9.17, 15) is 13.6 Å². The first-order valence-electron chi connectivity index (χ1n) is 9.99. The van der Waals surface area contributed by atoms with Crippen molar-refractivity contribution in [2.24, 2.45) is 0 Å². The van der Waals surface area contributed by atoms with E-state index in [1.165, 1.54) is 13.2 Å². The molecule has 0 bridgehead atoms. The number of nitriles is 1. The number of nitrogens with zero attached hydrogens (tertiary/aromatic N) is 1. The number of benzene rings is 3. The number of methoxy groups -OCH3 is 1. The molecule has 1 N–H and O–H groups in total. The zero-order valence-corrected chi connectivity index (χ0v) is 17.7. The highest BCUT2D eigenvalue weighted by molar-refractivity contribution is 5.82. The largest absolute Gasteiger partial charge is 0.489 e. The molecule has 3 rings (SSSR count). The van der Waals surface area contributed by atoms with Crippen molar-refractivity contribution in [1.82, 2.24) is 0 Å². The highest BCUT2D eigenvalue weighted by Crippen LogP contribution is 2.31. The Morgan fingerprint density at radius 3 is 2.38 bits per heavy atom. The lowest BCUT2D eigenvalue weighted by atomic mass is 10.0. The van der Waals surface area contributed by atoms with Crippen LogP contribution in [0.5, 0.6) is 5.75 Å². The molecule has 32 heavy (non-hydrogen) atoms. The zero-order chi connectivity index (χ0) is 23.1. The molecular weight excluding hydrogens is 414 g/mol. The first kappa shape index (κ1) is 22.8. The molecule has 0 fully saturated rings. The second-order valence-electron chi connectivity index (χ2n) is 7.05. The van der Waals surface area contributed by atoms with Gasteiger partial charge < -0.3 is 14.8 Å². The number of hydrogen-bond donors (Lipinski definition) is 1. The highest BCUT2D eigenvalue weighted by Gasteiger charge is 2.25. The van der Waals surface area contributed by atoms with Crippen LogP contribution in [0.25, 0.3) is 0 Å². The number of hydrogen-bond acceptors (Lipinski definition) is 5. The minimum atomic E-state index is -0.956. The SMILES string of the molecule is CCc1ccc(OCc2ccc(F)c(F)c2)c(C(Nc2ccc(C#N)cc2)C(=O)OC)c1. The van der Waals surface area contributed by atoms with Gasteiger partial charge in [-0.1, -0.05) is 19.1 Å². The average molecular weight is 436 g/mol. The quantitative estimate of drug-likeness (QED) is 0.485. The number of carbonyl (C=O) groups is 1. The van der Waals surface area contributed by atoms with Gasteiger partial charge in [-0.15, -0.1) is 0 Å². The number of nitrogens with one attached hydrogen (secondary N) is 1. The van der Waals surface area contributed by atoms with Crippen molar-refractivity contribution in [3.05, 3.63) is 94.6 Å². The van der Waals surface area contributed by atoms with E-state index < -0.39 is 23.6 Å². The van der Waals surface area contributed by atoms with E-state index in [0.717, 1.165) is 24.1 Å². The minimum absolute atomic E-state index is 0.0135. The van der Waals surface area contributed by atoms with Crippen LogP contribution in [0.4, 0.5) is 14.5 Å². The van der Waals surface area contributed by atoms with E-state index in [1.54, 1.807) is 30.3 Å². The lowest BCUT2D eigenvalue weighted by Gasteiger charge is -2.22. The number of rotatable bonds is 8. The predicted octanol–water partition coefficient (Wildman–Crippen LogP) is 5.30. The van der Waals surface area contributed by atoms with Crippen LogP contribution in [0.2, 0.25) is 0 Å². The monoisotopic (exact) mass is 436 g/mol. The maximum Gasteiger partial charge on any atom is 0.333 e. The summed E-state index contributed by atoms with van der Waals surface area (Å²) in [4.78, 5) is 12.7. The van der Waals surface area contributed by atoms with Crippen LogP contribution in [0.3, 0.4) is 0 Å². The third-order valence-electron chi connectivity index (χ3n) is 4.93. The minimum Gasteiger partial charge on any atom is -0.489 e. The molecule has 164 valence electrons. The summed E-state index contributed by atoms with van der Waals surface area (Å²) in [5.41, 5.74) is 3.09. The number of halogens is 2. The van der Waals surface area contributed by atoms with Gasteiger partial charge in [0.1, 0.15) is 12.4 Å². The molecule has 3 aromatic rings. The second-order valence-corrected chi connectivity index (χ2v) is 7.05. The Balaban J connectivity index is 1.93. The molecule has 1 unspecified atom stereocenters. The van der Waals surface area contributed by atoms with Crippen molar-refractivity contribution in [2.45, 2.75) is 26.0 Å². The second kappa shape index (κ2) is 10.4. The summed E-state index contributed by atoms with van der Waals surface area (Å²) in [5, 5.41) is 12.1. The van der Waals surface area contributed by atoms with E-state index in [-0.39, 0.29) is 6.61 Å². The molecule has 0 aromatic heterocycles. The van der Waals surface area contributed by atoms with Crippen LogP contribution in [0.1, 0.15) is 35.2 Å². The van der Waals surface area contributed by atoms with Crippen molar-refractivity contribution in [3.63, 3.8) is 0 Å². The van der Waals surface area contributed by atoms with Gasteiger partial charge in [0.25, 0.3) is 0 Å². The summed E-state index contributed by atoms with van der Waals surface area (Å²) in [6, 6.07) is 16.8. The van der Waals surface area contributed by atoms with E-state index >= 15 is 0 Å². The van der Waals surface area contributed by atoms with Gasteiger partial charge in [0.05, 0.1) is 18.7 Å². The number of carbonyl (C=O) groups excluding carboxylic acids is 1. The van der Waals surface area contributed by atoms with Gasteiger partial charge in [0, 0.05) is 11.3 Å². The fourth-order valence-corrected chi connectivity index (χ4v) is 3.15. The highest BCUT2D eigenvalue weighted by atomic mass is 19.2. The van der Waals surface area contributed by atoms with Crippen LogP contribution in [-0.4, -0.2) is 13.1 Å². The molecule has 0 amide bonds. The van der Waals surface area contributed by atoms with Crippen molar-refractivity contribution in [2.75, 3.05) is 12.4 Å². The van der Waals surface area contributed by atoms with Crippen LogP contribution >= 0.6 is 0 Å². The van der Waals surface area contributed by atoms with Gasteiger partial charge >= 0.3 is 5.97 Å². The Morgan fingerprint density at radius 2 is 1.75 bits per heavy atom. The Morgan fingerprint density at radius 1 is 1.03 bits per heavy atom.